The van der Waals surface area contributed by atoms with Gasteiger partial charge in [-0.2, -0.15) is 0 Å². The van der Waals surface area contributed by atoms with Crippen molar-refractivity contribution in [3.63, 3.8) is 0 Å². The molecule has 118 valence electrons. The molecule has 1 aliphatic carbocycles. The zero-order valence-corrected chi connectivity index (χ0v) is 13.5. The Bertz CT molecular complexity index is 416. The molecular weight excluding hydrogens is 266 g/mol. The lowest BCUT2D eigenvalue weighted by Gasteiger charge is -2.12. The van der Waals surface area contributed by atoms with Gasteiger partial charge in [0.15, 0.2) is 0 Å². The van der Waals surface area contributed by atoms with Crippen LogP contribution in [0.3, 0.4) is 0 Å². The lowest BCUT2D eigenvalue weighted by atomic mass is 10.1. The van der Waals surface area contributed by atoms with E-state index < -0.39 is 5.97 Å². The highest BCUT2D eigenvalue weighted by atomic mass is 16.4. The second-order valence-corrected chi connectivity index (χ2v) is 5.21. The summed E-state index contributed by atoms with van der Waals surface area (Å²) in [5, 5.41) is 8.74. The number of carboxylic acid groups (broad SMARTS) is 1. The van der Waals surface area contributed by atoms with Crippen LogP contribution in [0.25, 0.3) is 0 Å². The molecule has 21 heavy (non-hydrogen) atoms. The molecule has 1 unspecified atom stereocenters. The van der Waals surface area contributed by atoms with Crippen LogP contribution in [0.5, 0.6) is 0 Å². The molecule has 4 heteroatoms. The van der Waals surface area contributed by atoms with Crippen LogP contribution in [0.15, 0.2) is 35.5 Å². The van der Waals surface area contributed by atoms with E-state index >= 15 is 0 Å². The summed E-state index contributed by atoms with van der Waals surface area (Å²) in [7, 11) is 2.17. The summed E-state index contributed by atoms with van der Waals surface area (Å²) in [6.07, 6.45) is 9.59. The fourth-order valence-corrected chi connectivity index (χ4v) is 1.96. The van der Waals surface area contributed by atoms with Gasteiger partial charge in [-0.15, -0.1) is 0 Å². The molecule has 0 saturated carbocycles. The summed E-state index contributed by atoms with van der Waals surface area (Å²) in [6, 6.07) is 0. The first-order valence-electron chi connectivity index (χ1n) is 7.43. The molecule has 1 N–H and O–H groups in total. The van der Waals surface area contributed by atoms with E-state index in [0.717, 1.165) is 0 Å². The fraction of sp³-hybridized carbons (Fsp3) is 0.529. The number of aldehydes is 1. The molecule has 1 atom stereocenters. The number of allylic oxidation sites excluding steroid dienone is 4. The predicted octanol–water partition coefficient (Wildman–Crippen LogP) is 3.07. The summed E-state index contributed by atoms with van der Waals surface area (Å²) in [4.78, 5) is 23.5. The van der Waals surface area contributed by atoms with Crippen molar-refractivity contribution in [3.05, 3.63) is 35.5 Å². The molecule has 0 saturated heterocycles. The normalized spacial score (nSPS) is 17.3. The van der Waals surface area contributed by atoms with Crippen molar-refractivity contribution in [1.29, 1.82) is 0 Å². The number of hydrogen-bond acceptors (Lipinski definition) is 3. The zero-order valence-electron chi connectivity index (χ0n) is 13.5. The quantitative estimate of drug-likeness (QED) is 0.765. The highest BCUT2D eigenvalue weighted by Gasteiger charge is 2.09. The molecule has 0 aromatic rings. The van der Waals surface area contributed by atoms with E-state index in [2.05, 4.69) is 25.8 Å². The fourth-order valence-electron chi connectivity index (χ4n) is 1.96. The lowest BCUT2D eigenvalue weighted by molar-refractivity contribution is -0.132. The number of hydrogen-bond donors (Lipinski definition) is 1. The second-order valence-electron chi connectivity index (χ2n) is 5.21. The lowest BCUT2D eigenvalue weighted by Crippen LogP contribution is -2.19. The highest BCUT2D eigenvalue weighted by molar-refractivity contribution is 5.93. The smallest absolute Gasteiger partial charge is 0.335 e. The molecule has 0 radical (unpaired) electrons. The van der Waals surface area contributed by atoms with E-state index in [0.29, 0.717) is 11.9 Å². The Kier molecular flexibility index (Phi) is 10.1. The van der Waals surface area contributed by atoms with Crippen LogP contribution in [0, 0.1) is 5.92 Å². The molecule has 0 aromatic carbocycles. The van der Waals surface area contributed by atoms with E-state index in [9.17, 15) is 9.59 Å². The molecular formula is C17H27NO3. The Morgan fingerprint density at radius 1 is 1.33 bits per heavy atom. The van der Waals surface area contributed by atoms with Crippen LogP contribution in [0.4, 0.5) is 0 Å². The van der Waals surface area contributed by atoms with Gasteiger partial charge in [0.25, 0.3) is 0 Å². The van der Waals surface area contributed by atoms with Crippen LogP contribution >= 0.6 is 0 Å². The second kappa shape index (κ2) is 11.0. The zero-order chi connectivity index (χ0) is 16.3. The Morgan fingerprint density at radius 2 is 1.90 bits per heavy atom. The van der Waals surface area contributed by atoms with Crippen molar-refractivity contribution in [2.45, 2.75) is 33.6 Å². The average Bonchev–Trinajstić information content (AvgIpc) is 2.62. The number of aliphatic carboxylic acids is 1. The molecule has 1 aliphatic rings. The van der Waals surface area contributed by atoms with Crippen LogP contribution in [-0.4, -0.2) is 42.4 Å². The first-order chi connectivity index (χ1) is 9.94. The number of rotatable bonds is 6. The van der Waals surface area contributed by atoms with Gasteiger partial charge < -0.3 is 10.0 Å². The Labute approximate surface area is 127 Å². The summed E-state index contributed by atoms with van der Waals surface area (Å²) in [5.41, 5.74) is 0.553. The minimum atomic E-state index is -1.00. The third kappa shape index (κ3) is 8.97. The van der Waals surface area contributed by atoms with Crippen LogP contribution < -0.4 is 0 Å². The maximum absolute atomic E-state index is 10.7. The standard InChI is InChI=1S/C10H10O3.C7H17N/c1-7-2-3-8(6-11)5-9(4-7)10(12)13;1-4-6-8(3)7-5-2/h2-7H,1H3,(H,12,13);4-7H2,1-3H3. The largest absolute Gasteiger partial charge is 0.478 e. The Hall–Kier alpha value is -1.68. The molecule has 1 rings (SSSR count). The van der Waals surface area contributed by atoms with E-state index in [-0.39, 0.29) is 11.5 Å². The van der Waals surface area contributed by atoms with Crippen molar-refractivity contribution in [2.75, 3.05) is 20.1 Å². The van der Waals surface area contributed by atoms with Gasteiger partial charge >= 0.3 is 5.97 Å². The molecule has 0 aliphatic heterocycles. The summed E-state index contributed by atoms with van der Waals surface area (Å²) < 4.78 is 0. The van der Waals surface area contributed by atoms with E-state index in [1.165, 1.54) is 32.0 Å². The third-order valence-electron chi connectivity index (χ3n) is 2.95. The summed E-state index contributed by atoms with van der Waals surface area (Å²) in [5.74, 6) is -0.963. The van der Waals surface area contributed by atoms with Crippen molar-refractivity contribution in [3.8, 4) is 0 Å². The van der Waals surface area contributed by atoms with Gasteiger partial charge in [0.05, 0.1) is 5.57 Å². The number of nitrogens with zero attached hydrogens (tertiary/aromatic N) is 1. The maximum atomic E-state index is 10.7. The number of carboxylic acids is 1. The minimum Gasteiger partial charge on any atom is -0.478 e. The van der Waals surface area contributed by atoms with Gasteiger partial charge in [-0.05, 0) is 45.0 Å². The minimum absolute atomic E-state index is 0.0415. The monoisotopic (exact) mass is 293 g/mol. The summed E-state index contributed by atoms with van der Waals surface area (Å²) >= 11 is 0. The number of carbonyl (C=O) groups excluding carboxylic acids is 1. The van der Waals surface area contributed by atoms with Gasteiger partial charge in [0.2, 0.25) is 0 Å². The van der Waals surface area contributed by atoms with Crippen molar-refractivity contribution < 1.29 is 14.7 Å². The SMILES string of the molecule is CC1C=CC(C=O)=CC(C(=O)O)=C1.CCCN(C)CCC. The first kappa shape index (κ1) is 19.3. The molecule has 0 fully saturated rings. The molecule has 0 spiro atoms. The van der Waals surface area contributed by atoms with Crippen LogP contribution in [-0.2, 0) is 9.59 Å². The Morgan fingerprint density at radius 3 is 2.33 bits per heavy atom. The molecule has 0 heterocycles. The van der Waals surface area contributed by atoms with Gasteiger partial charge in [-0.1, -0.05) is 39.0 Å². The van der Waals surface area contributed by atoms with Gasteiger partial charge in [-0.25, -0.2) is 4.79 Å². The van der Waals surface area contributed by atoms with E-state index in [4.69, 9.17) is 5.11 Å². The van der Waals surface area contributed by atoms with Crippen molar-refractivity contribution >= 4 is 12.3 Å². The van der Waals surface area contributed by atoms with E-state index in [1.54, 1.807) is 18.2 Å². The van der Waals surface area contributed by atoms with Gasteiger partial charge in [0, 0.05) is 5.57 Å². The maximum Gasteiger partial charge on any atom is 0.335 e. The van der Waals surface area contributed by atoms with Crippen LogP contribution in [0.1, 0.15) is 33.6 Å². The molecule has 0 amide bonds. The molecule has 0 aromatic heterocycles. The average molecular weight is 293 g/mol. The van der Waals surface area contributed by atoms with Gasteiger partial charge in [-0.3, -0.25) is 4.79 Å². The van der Waals surface area contributed by atoms with Crippen molar-refractivity contribution in [1.82, 2.24) is 4.90 Å². The summed E-state index contributed by atoms with van der Waals surface area (Å²) in [6.45, 7) is 8.78. The van der Waals surface area contributed by atoms with E-state index in [1.807, 2.05) is 6.92 Å². The van der Waals surface area contributed by atoms with Gasteiger partial charge in [0.1, 0.15) is 6.29 Å². The topological polar surface area (TPSA) is 57.6 Å². The number of carbonyl (C=O) groups is 2. The third-order valence-corrected chi connectivity index (χ3v) is 2.95. The molecule has 0 bridgehead atoms. The predicted molar refractivity (Wildman–Crippen MR) is 86.2 cm³/mol. The Balaban J connectivity index is 0.000000433. The van der Waals surface area contributed by atoms with Crippen molar-refractivity contribution in [2.24, 2.45) is 5.92 Å². The highest BCUT2D eigenvalue weighted by Crippen LogP contribution is 2.14. The molecule has 4 nitrogen and oxygen atoms in total. The van der Waals surface area contributed by atoms with Crippen LogP contribution in [0.2, 0.25) is 0 Å². The first-order valence-corrected chi connectivity index (χ1v) is 7.43.